The summed E-state index contributed by atoms with van der Waals surface area (Å²) in [5, 5.41) is 7.25. The molecule has 4 rings (SSSR count). The standard InChI is InChI=1S/C19H17ClN2O6/c1-24-15-8-16(25-2)12(20)6-11(15)13-7-18(28-22-13)19(23)21-10-3-4-14-17(5-10)27-9-26-14/h3-6,8,18H,7,9H2,1-2H3,(H,21,23)/t18-/m0/s1. The first-order valence-electron chi connectivity index (χ1n) is 8.44. The maximum absolute atomic E-state index is 12.6. The Labute approximate surface area is 165 Å². The molecule has 0 bridgehead atoms. The van der Waals surface area contributed by atoms with Gasteiger partial charge in [-0.3, -0.25) is 4.79 Å². The van der Waals surface area contributed by atoms with E-state index < -0.39 is 6.10 Å². The van der Waals surface area contributed by atoms with Crippen molar-refractivity contribution in [2.75, 3.05) is 26.3 Å². The zero-order valence-corrected chi connectivity index (χ0v) is 15.9. The van der Waals surface area contributed by atoms with Crippen molar-refractivity contribution in [3.8, 4) is 23.0 Å². The molecule has 0 aliphatic carbocycles. The number of carbonyl (C=O) groups excluding carboxylic acids is 1. The van der Waals surface area contributed by atoms with Crippen LogP contribution >= 0.6 is 11.6 Å². The van der Waals surface area contributed by atoms with E-state index in [2.05, 4.69) is 10.5 Å². The fourth-order valence-corrected chi connectivity index (χ4v) is 3.20. The van der Waals surface area contributed by atoms with Crippen LogP contribution in [0.15, 0.2) is 35.5 Å². The number of amides is 1. The Kier molecular flexibility index (Phi) is 4.87. The van der Waals surface area contributed by atoms with E-state index in [9.17, 15) is 4.79 Å². The van der Waals surface area contributed by atoms with E-state index in [-0.39, 0.29) is 19.1 Å². The lowest BCUT2D eigenvalue weighted by atomic mass is 10.0. The van der Waals surface area contributed by atoms with Gasteiger partial charge in [-0.25, -0.2) is 0 Å². The predicted molar refractivity (Wildman–Crippen MR) is 102 cm³/mol. The second-order valence-corrected chi connectivity index (χ2v) is 6.49. The monoisotopic (exact) mass is 404 g/mol. The Bertz CT molecular complexity index is 962. The molecule has 2 heterocycles. The quantitative estimate of drug-likeness (QED) is 0.823. The minimum atomic E-state index is -0.772. The number of halogens is 1. The molecule has 0 spiro atoms. The zero-order chi connectivity index (χ0) is 19.7. The molecule has 0 saturated heterocycles. The van der Waals surface area contributed by atoms with Crippen molar-refractivity contribution in [3.63, 3.8) is 0 Å². The van der Waals surface area contributed by atoms with E-state index in [1.165, 1.54) is 14.2 Å². The Morgan fingerprint density at radius 1 is 1.14 bits per heavy atom. The summed E-state index contributed by atoms with van der Waals surface area (Å²) in [6.45, 7) is 0.169. The summed E-state index contributed by atoms with van der Waals surface area (Å²) in [5.74, 6) is 1.92. The van der Waals surface area contributed by atoms with Gasteiger partial charge in [-0.05, 0) is 18.2 Å². The van der Waals surface area contributed by atoms with Gasteiger partial charge in [0.15, 0.2) is 11.5 Å². The molecule has 146 valence electrons. The van der Waals surface area contributed by atoms with Gasteiger partial charge in [0.25, 0.3) is 5.91 Å². The van der Waals surface area contributed by atoms with Crippen LogP contribution in [0, 0.1) is 0 Å². The first-order chi connectivity index (χ1) is 13.6. The number of methoxy groups -OCH3 is 2. The van der Waals surface area contributed by atoms with Crippen LogP contribution in [0.5, 0.6) is 23.0 Å². The largest absolute Gasteiger partial charge is 0.496 e. The molecule has 0 unspecified atom stereocenters. The highest BCUT2D eigenvalue weighted by Gasteiger charge is 2.31. The second kappa shape index (κ2) is 7.47. The van der Waals surface area contributed by atoms with E-state index in [0.29, 0.717) is 45.0 Å². The first-order valence-corrected chi connectivity index (χ1v) is 8.82. The third-order valence-corrected chi connectivity index (χ3v) is 4.68. The Hall–Kier alpha value is -3.13. The summed E-state index contributed by atoms with van der Waals surface area (Å²) in [4.78, 5) is 17.9. The number of hydrogen-bond acceptors (Lipinski definition) is 7. The third-order valence-electron chi connectivity index (χ3n) is 4.39. The zero-order valence-electron chi connectivity index (χ0n) is 15.2. The predicted octanol–water partition coefficient (Wildman–Crippen LogP) is 3.22. The van der Waals surface area contributed by atoms with Gasteiger partial charge < -0.3 is 29.1 Å². The molecule has 2 aliphatic heterocycles. The summed E-state index contributed by atoms with van der Waals surface area (Å²) >= 11 is 6.21. The smallest absolute Gasteiger partial charge is 0.268 e. The van der Waals surface area contributed by atoms with Crippen LogP contribution in [0.4, 0.5) is 5.69 Å². The summed E-state index contributed by atoms with van der Waals surface area (Å²) in [6.07, 6.45) is -0.499. The molecule has 1 N–H and O–H groups in total. The minimum absolute atomic E-state index is 0.169. The van der Waals surface area contributed by atoms with Crippen molar-refractivity contribution in [1.29, 1.82) is 0 Å². The Morgan fingerprint density at radius 3 is 2.71 bits per heavy atom. The highest BCUT2D eigenvalue weighted by atomic mass is 35.5. The molecule has 0 aromatic heterocycles. The van der Waals surface area contributed by atoms with Crippen molar-refractivity contribution >= 4 is 28.9 Å². The molecule has 2 aliphatic rings. The molecule has 0 saturated carbocycles. The van der Waals surface area contributed by atoms with Crippen LogP contribution in [-0.4, -0.2) is 38.7 Å². The van der Waals surface area contributed by atoms with Gasteiger partial charge in [-0.1, -0.05) is 16.8 Å². The van der Waals surface area contributed by atoms with E-state index in [1.807, 2.05) is 0 Å². The van der Waals surface area contributed by atoms with Crippen LogP contribution in [0.25, 0.3) is 0 Å². The highest BCUT2D eigenvalue weighted by Crippen LogP contribution is 2.36. The number of anilines is 1. The fraction of sp³-hybridized carbons (Fsp3) is 0.263. The lowest BCUT2D eigenvalue weighted by molar-refractivity contribution is -0.125. The number of nitrogens with zero attached hydrogens (tertiary/aromatic N) is 1. The molecule has 0 radical (unpaired) electrons. The maximum atomic E-state index is 12.6. The molecule has 0 fully saturated rings. The fourth-order valence-electron chi connectivity index (χ4n) is 2.96. The van der Waals surface area contributed by atoms with Crippen molar-refractivity contribution < 1.29 is 28.6 Å². The Balaban J connectivity index is 1.46. The van der Waals surface area contributed by atoms with Gasteiger partial charge in [-0.15, -0.1) is 0 Å². The molecule has 8 nitrogen and oxygen atoms in total. The van der Waals surface area contributed by atoms with E-state index in [1.54, 1.807) is 30.3 Å². The normalized spacial score (nSPS) is 17.0. The number of ether oxygens (including phenoxy) is 4. The number of carbonyl (C=O) groups is 1. The summed E-state index contributed by atoms with van der Waals surface area (Å²) in [6, 6.07) is 8.51. The van der Waals surface area contributed by atoms with Gasteiger partial charge in [0.1, 0.15) is 11.5 Å². The van der Waals surface area contributed by atoms with Gasteiger partial charge >= 0.3 is 0 Å². The molecular weight excluding hydrogens is 388 g/mol. The Morgan fingerprint density at radius 2 is 1.93 bits per heavy atom. The summed E-state index contributed by atoms with van der Waals surface area (Å²) in [5.41, 5.74) is 1.79. The average Bonchev–Trinajstić information content (AvgIpc) is 3.37. The van der Waals surface area contributed by atoms with Crippen molar-refractivity contribution in [3.05, 3.63) is 40.9 Å². The minimum Gasteiger partial charge on any atom is -0.496 e. The molecule has 1 atom stereocenters. The van der Waals surface area contributed by atoms with Crippen molar-refractivity contribution in [2.24, 2.45) is 5.16 Å². The SMILES string of the molecule is COc1cc(OC)c(C2=NO[C@H](C(=O)Nc3ccc4c(c3)OCO4)C2)cc1Cl. The van der Waals surface area contributed by atoms with Crippen LogP contribution in [0.1, 0.15) is 12.0 Å². The van der Waals surface area contributed by atoms with Gasteiger partial charge in [0.05, 0.1) is 25.0 Å². The van der Waals surface area contributed by atoms with Crippen molar-refractivity contribution in [1.82, 2.24) is 0 Å². The number of rotatable bonds is 5. The van der Waals surface area contributed by atoms with Crippen molar-refractivity contribution in [2.45, 2.75) is 12.5 Å². The van der Waals surface area contributed by atoms with Gasteiger partial charge in [0, 0.05) is 29.8 Å². The van der Waals surface area contributed by atoms with E-state index in [0.717, 1.165) is 0 Å². The third kappa shape index (κ3) is 3.38. The lowest BCUT2D eigenvalue weighted by Crippen LogP contribution is -2.28. The van der Waals surface area contributed by atoms with Gasteiger partial charge in [0.2, 0.25) is 12.9 Å². The molecule has 2 aromatic rings. The molecule has 2 aromatic carbocycles. The van der Waals surface area contributed by atoms with Gasteiger partial charge in [-0.2, -0.15) is 0 Å². The van der Waals surface area contributed by atoms with Crippen LogP contribution in [0.3, 0.4) is 0 Å². The van der Waals surface area contributed by atoms with Crippen LogP contribution in [0.2, 0.25) is 5.02 Å². The molecule has 1 amide bonds. The summed E-state index contributed by atoms with van der Waals surface area (Å²) < 4.78 is 21.2. The maximum Gasteiger partial charge on any atom is 0.268 e. The van der Waals surface area contributed by atoms with E-state index >= 15 is 0 Å². The average molecular weight is 405 g/mol. The summed E-state index contributed by atoms with van der Waals surface area (Å²) in [7, 11) is 3.05. The molecular formula is C19H17ClN2O6. The van der Waals surface area contributed by atoms with Crippen LogP contribution < -0.4 is 24.3 Å². The molecule has 28 heavy (non-hydrogen) atoms. The molecule has 9 heteroatoms. The number of oxime groups is 1. The van der Waals surface area contributed by atoms with Crippen LogP contribution in [-0.2, 0) is 9.63 Å². The number of nitrogens with one attached hydrogen (secondary N) is 1. The first kappa shape index (κ1) is 18.2. The van der Waals surface area contributed by atoms with E-state index in [4.69, 9.17) is 35.4 Å². The highest BCUT2D eigenvalue weighted by molar-refractivity contribution is 6.32. The number of benzene rings is 2. The lowest BCUT2D eigenvalue weighted by Gasteiger charge is -2.12. The number of hydrogen-bond donors (Lipinski definition) is 1. The second-order valence-electron chi connectivity index (χ2n) is 6.08. The topological polar surface area (TPSA) is 87.6 Å². The number of fused-ring (bicyclic) bond motifs is 1.